The molecule has 0 saturated carbocycles. The zero-order valence-electron chi connectivity index (χ0n) is 17.4. The van der Waals surface area contributed by atoms with Gasteiger partial charge in [0.25, 0.3) is 5.91 Å². The van der Waals surface area contributed by atoms with Crippen molar-refractivity contribution < 1.29 is 9.18 Å². The smallest absolute Gasteiger partial charge is 0.276 e. The summed E-state index contributed by atoms with van der Waals surface area (Å²) in [6.45, 7) is 3.09. The van der Waals surface area contributed by atoms with Gasteiger partial charge in [-0.1, -0.05) is 42.5 Å². The summed E-state index contributed by atoms with van der Waals surface area (Å²) in [6, 6.07) is 23.6. The van der Waals surface area contributed by atoms with Crippen LogP contribution in [-0.4, -0.2) is 42.3 Å². The van der Waals surface area contributed by atoms with Gasteiger partial charge in [0.15, 0.2) is 11.5 Å². The van der Waals surface area contributed by atoms with Crippen LogP contribution in [0, 0.1) is 5.82 Å². The van der Waals surface area contributed by atoms with Gasteiger partial charge in [-0.05, 0) is 36.4 Å². The van der Waals surface area contributed by atoms with Crippen molar-refractivity contribution in [1.82, 2.24) is 10.2 Å². The zero-order chi connectivity index (χ0) is 21.9. The second kappa shape index (κ2) is 8.63. The molecule has 4 aromatic rings. The molecule has 6 nitrogen and oxygen atoms in total. The Labute approximate surface area is 185 Å². The van der Waals surface area contributed by atoms with Crippen molar-refractivity contribution in [1.29, 1.82) is 0 Å². The molecule has 0 spiro atoms. The number of piperazine rings is 1. The predicted octanol–water partition coefficient (Wildman–Crippen LogP) is 4.35. The standard InChI is InChI=1S/C25H22FN5O/c26-18-10-12-20(13-11-18)30-14-16-31(17-15-30)24-22-9-5-4-8-21(22)23(28-29-24)25(32)27-19-6-2-1-3-7-19/h1-13H,14-17H2,(H,27,32). The summed E-state index contributed by atoms with van der Waals surface area (Å²) in [5.74, 6) is 0.258. The lowest BCUT2D eigenvalue weighted by Crippen LogP contribution is -2.47. The van der Waals surface area contributed by atoms with E-state index in [0.29, 0.717) is 11.4 Å². The van der Waals surface area contributed by atoms with Crippen molar-refractivity contribution >= 4 is 33.9 Å². The summed E-state index contributed by atoms with van der Waals surface area (Å²) < 4.78 is 13.2. The highest BCUT2D eigenvalue weighted by atomic mass is 19.1. The fraction of sp³-hybridized carbons (Fsp3) is 0.160. The van der Waals surface area contributed by atoms with Crippen molar-refractivity contribution in [2.45, 2.75) is 0 Å². The first-order valence-electron chi connectivity index (χ1n) is 10.6. The van der Waals surface area contributed by atoms with Crippen LogP contribution in [0.4, 0.5) is 21.6 Å². The molecule has 0 bridgehead atoms. The average Bonchev–Trinajstić information content (AvgIpc) is 2.84. The van der Waals surface area contributed by atoms with Crippen molar-refractivity contribution in [3.63, 3.8) is 0 Å². The summed E-state index contributed by atoms with van der Waals surface area (Å²) in [5, 5.41) is 13.3. The lowest BCUT2D eigenvalue weighted by Gasteiger charge is -2.37. The van der Waals surface area contributed by atoms with Gasteiger partial charge in [0.1, 0.15) is 5.82 Å². The lowest BCUT2D eigenvalue weighted by atomic mass is 10.1. The summed E-state index contributed by atoms with van der Waals surface area (Å²) in [6.07, 6.45) is 0. The fourth-order valence-corrected chi connectivity index (χ4v) is 4.03. The van der Waals surface area contributed by atoms with E-state index in [4.69, 9.17) is 0 Å². The number of aromatic nitrogens is 2. The van der Waals surface area contributed by atoms with Gasteiger partial charge in [0, 0.05) is 48.3 Å². The summed E-state index contributed by atoms with van der Waals surface area (Å²) in [5.41, 5.74) is 2.03. The van der Waals surface area contributed by atoms with E-state index in [0.717, 1.165) is 48.5 Å². The molecule has 2 heterocycles. The van der Waals surface area contributed by atoms with Crippen LogP contribution in [0.5, 0.6) is 0 Å². The number of rotatable bonds is 4. The molecule has 7 heteroatoms. The maximum atomic E-state index is 13.2. The van der Waals surface area contributed by atoms with E-state index in [1.165, 1.54) is 12.1 Å². The van der Waals surface area contributed by atoms with Crippen LogP contribution in [0.1, 0.15) is 10.5 Å². The van der Waals surface area contributed by atoms with Crippen LogP contribution in [0.3, 0.4) is 0 Å². The zero-order valence-corrected chi connectivity index (χ0v) is 17.4. The third-order valence-electron chi connectivity index (χ3n) is 5.69. The molecule has 0 radical (unpaired) electrons. The first-order chi connectivity index (χ1) is 15.7. The topological polar surface area (TPSA) is 61.4 Å². The van der Waals surface area contributed by atoms with Gasteiger partial charge in [-0.25, -0.2) is 4.39 Å². The number of hydrogen-bond acceptors (Lipinski definition) is 5. The number of carbonyl (C=O) groups excluding carboxylic acids is 1. The predicted molar refractivity (Wildman–Crippen MR) is 125 cm³/mol. The molecular weight excluding hydrogens is 405 g/mol. The van der Waals surface area contributed by atoms with Gasteiger partial charge in [-0.15, -0.1) is 10.2 Å². The molecule has 1 saturated heterocycles. The minimum absolute atomic E-state index is 0.231. The number of amides is 1. The number of para-hydroxylation sites is 1. The molecule has 0 atom stereocenters. The molecule has 1 aliphatic rings. The van der Waals surface area contributed by atoms with Crippen LogP contribution in [-0.2, 0) is 0 Å². The van der Waals surface area contributed by atoms with Gasteiger partial charge in [0.2, 0.25) is 0 Å². The molecule has 5 rings (SSSR count). The van der Waals surface area contributed by atoms with Gasteiger partial charge < -0.3 is 15.1 Å². The Hall–Kier alpha value is -4.00. The molecular formula is C25H22FN5O. The maximum absolute atomic E-state index is 13.2. The molecule has 1 fully saturated rings. The van der Waals surface area contributed by atoms with E-state index in [-0.39, 0.29) is 11.7 Å². The van der Waals surface area contributed by atoms with Gasteiger partial charge in [0.05, 0.1) is 0 Å². The molecule has 1 N–H and O–H groups in total. The third kappa shape index (κ3) is 3.97. The van der Waals surface area contributed by atoms with Gasteiger partial charge in [-0.2, -0.15) is 0 Å². The van der Waals surface area contributed by atoms with Crippen molar-refractivity contribution in [3.05, 3.63) is 90.4 Å². The van der Waals surface area contributed by atoms with Crippen LogP contribution < -0.4 is 15.1 Å². The second-order valence-electron chi connectivity index (χ2n) is 7.69. The number of carbonyl (C=O) groups is 1. The first-order valence-corrected chi connectivity index (χ1v) is 10.6. The fourth-order valence-electron chi connectivity index (χ4n) is 4.03. The molecule has 32 heavy (non-hydrogen) atoms. The number of fused-ring (bicyclic) bond motifs is 1. The van der Waals surface area contributed by atoms with Crippen LogP contribution >= 0.6 is 0 Å². The average molecular weight is 427 g/mol. The van der Waals surface area contributed by atoms with Crippen LogP contribution in [0.25, 0.3) is 10.8 Å². The monoisotopic (exact) mass is 427 g/mol. The minimum Gasteiger partial charge on any atom is -0.368 e. The Bertz CT molecular complexity index is 1240. The largest absolute Gasteiger partial charge is 0.368 e. The Kier molecular flexibility index (Phi) is 5.37. The highest BCUT2D eigenvalue weighted by Gasteiger charge is 2.23. The van der Waals surface area contributed by atoms with Crippen molar-refractivity contribution in [3.8, 4) is 0 Å². The Morgan fingerprint density at radius 3 is 2.09 bits per heavy atom. The summed E-state index contributed by atoms with van der Waals surface area (Å²) in [7, 11) is 0. The highest BCUT2D eigenvalue weighted by molar-refractivity contribution is 6.12. The number of benzene rings is 3. The number of halogens is 1. The lowest BCUT2D eigenvalue weighted by molar-refractivity contribution is 0.102. The first kappa shape index (κ1) is 19.9. The summed E-state index contributed by atoms with van der Waals surface area (Å²) >= 11 is 0. The summed E-state index contributed by atoms with van der Waals surface area (Å²) in [4.78, 5) is 17.3. The third-order valence-corrected chi connectivity index (χ3v) is 5.69. The Balaban J connectivity index is 1.38. The molecule has 1 aromatic heterocycles. The van der Waals surface area contributed by atoms with Gasteiger partial charge >= 0.3 is 0 Å². The quantitative estimate of drug-likeness (QED) is 0.525. The number of nitrogens with one attached hydrogen (secondary N) is 1. The molecule has 0 aliphatic carbocycles. The number of anilines is 3. The van der Waals surface area contributed by atoms with E-state index in [1.54, 1.807) is 12.1 Å². The van der Waals surface area contributed by atoms with Crippen LogP contribution in [0.2, 0.25) is 0 Å². The van der Waals surface area contributed by atoms with E-state index < -0.39 is 0 Å². The molecule has 160 valence electrons. The van der Waals surface area contributed by atoms with Gasteiger partial charge in [-0.3, -0.25) is 4.79 Å². The van der Waals surface area contributed by atoms with E-state index in [9.17, 15) is 9.18 Å². The van der Waals surface area contributed by atoms with Crippen molar-refractivity contribution in [2.75, 3.05) is 41.3 Å². The van der Waals surface area contributed by atoms with Crippen molar-refractivity contribution in [2.24, 2.45) is 0 Å². The normalized spacial score (nSPS) is 13.9. The second-order valence-corrected chi connectivity index (χ2v) is 7.69. The molecule has 1 aliphatic heterocycles. The maximum Gasteiger partial charge on any atom is 0.276 e. The van der Waals surface area contributed by atoms with E-state index >= 15 is 0 Å². The van der Waals surface area contributed by atoms with Crippen LogP contribution in [0.15, 0.2) is 78.9 Å². The number of nitrogens with zero attached hydrogens (tertiary/aromatic N) is 4. The SMILES string of the molecule is O=C(Nc1ccccc1)c1nnc(N2CCN(c3ccc(F)cc3)CC2)c2ccccc12. The Morgan fingerprint density at radius 2 is 1.38 bits per heavy atom. The Morgan fingerprint density at radius 1 is 0.750 bits per heavy atom. The molecule has 3 aromatic carbocycles. The molecule has 0 unspecified atom stereocenters. The minimum atomic E-state index is -0.285. The van der Waals surface area contributed by atoms with E-state index in [1.807, 2.05) is 54.6 Å². The number of hydrogen-bond donors (Lipinski definition) is 1. The molecule has 1 amide bonds. The highest BCUT2D eigenvalue weighted by Crippen LogP contribution is 2.28. The van der Waals surface area contributed by atoms with E-state index in [2.05, 4.69) is 25.3 Å².